The van der Waals surface area contributed by atoms with Gasteiger partial charge in [0.15, 0.2) is 5.60 Å². The van der Waals surface area contributed by atoms with Crippen molar-refractivity contribution >= 4 is 33.2 Å². The molecule has 6 heteroatoms. The molecule has 0 unspecified atom stereocenters. The molecule has 0 saturated carbocycles. The molecule has 1 N–H and O–H groups in total. The number of hydrogen-bond donors (Lipinski definition) is 1. The highest BCUT2D eigenvalue weighted by Gasteiger charge is 2.59. The topological polar surface area (TPSA) is 62.1 Å². The van der Waals surface area contributed by atoms with Gasteiger partial charge in [0.1, 0.15) is 11.8 Å². The van der Waals surface area contributed by atoms with E-state index in [9.17, 15) is 10.0 Å². The van der Waals surface area contributed by atoms with Crippen LogP contribution in [0.5, 0.6) is 0 Å². The number of fused-ring (bicyclic) bond motifs is 2. The molecule has 2 heterocycles. The lowest BCUT2D eigenvalue weighted by Crippen LogP contribution is -2.39. The van der Waals surface area contributed by atoms with Gasteiger partial charge < -0.3 is 14.8 Å². The van der Waals surface area contributed by atoms with E-state index in [0.717, 1.165) is 26.9 Å². The summed E-state index contributed by atoms with van der Waals surface area (Å²) >= 11 is 3.49. The van der Waals surface area contributed by atoms with Gasteiger partial charge >= 0.3 is 0 Å². The van der Waals surface area contributed by atoms with Crippen molar-refractivity contribution in [1.29, 1.82) is 0 Å². The number of para-hydroxylation sites is 1. The molecule has 2 aliphatic heterocycles. The van der Waals surface area contributed by atoms with Crippen LogP contribution < -0.4 is 4.90 Å². The van der Waals surface area contributed by atoms with Crippen LogP contribution in [0.3, 0.4) is 0 Å². The van der Waals surface area contributed by atoms with Crippen molar-refractivity contribution < 1.29 is 14.7 Å². The molecule has 1 spiro atoms. The molecular weight excluding hydrogens is 456 g/mol. The third-order valence-electron chi connectivity index (χ3n) is 6.30. The molecular formula is C25H21BrN2O3. The number of hydrogen-bond acceptors (Lipinski definition) is 4. The lowest BCUT2D eigenvalue weighted by atomic mass is 9.82. The lowest BCUT2D eigenvalue weighted by molar-refractivity contribution is -0.139. The number of halogens is 1. The summed E-state index contributed by atoms with van der Waals surface area (Å²) in [7, 11) is 1.78. The van der Waals surface area contributed by atoms with E-state index in [1.807, 2.05) is 78.9 Å². The first kappa shape index (κ1) is 20.0. The number of benzene rings is 3. The van der Waals surface area contributed by atoms with E-state index < -0.39 is 11.7 Å². The van der Waals surface area contributed by atoms with Gasteiger partial charge in [-0.15, -0.1) is 0 Å². The minimum absolute atomic E-state index is 0.0938. The van der Waals surface area contributed by atoms with Gasteiger partial charge in [0, 0.05) is 28.6 Å². The Bertz CT molecular complexity index is 1160. The zero-order valence-corrected chi connectivity index (χ0v) is 18.5. The van der Waals surface area contributed by atoms with Crippen LogP contribution in [0.2, 0.25) is 0 Å². The highest BCUT2D eigenvalue weighted by molar-refractivity contribution is 9.10. The number of rotatable bonds is 3. The van der Waals surface area contributed by atoms with E-state index in [4.69, 9.17) is 4.74 Å². The number of ether oxygens (including phenoxy) is 1. The molecule has 1 fully saturated rings. The van der Waals surface area contributed by atoms with E-state index in [1.54, 1.807) is 11.9 Å². The Morgan fingerprint density at radius 1 is 1.06 bits per heavy atom. The summed E-state index contributed by atoms with van der Waals surface area (Å²) in [5.74, 6) is -0.258. The van der Waals surface area contributed by atoms with Crippen molar-refractivity contribution in [3.8, 4) is 0 Å². The van der Waals surface area contributed by atoms with Gasteiger partial charge in [-0.25, -0.2) is 0 Å². The van der Waals surface area contributed by atoms with Gasteiger partial charge in [0.05, 0.1) is 5.69 Å². The quantitative estimate of drug-likeness (QED) is 0.326. The zero-order valence-electron chi connectivity index (χ0n) is 16.9. The molecule has 156 valence electrons. The van der Waals surface area contributed by atoms with Crippen LogP contribution in [-0.2, 0) is 15.1 Å². The molecule has 31 heavy (non-hydrogen) atoms. The summed E-state index contributed by atoms with van der Waals surface area (Å²) in [6, 6.07) is 25.2. The van der Waals surface area contributed by atoms with Gasteiger partial charge in [-0.1, -0.05) is 81.7 Å². The summed E-state index contributed by atoms with van der Waals surface area (Å²) in [6.45, 7) is 0. The summed E-state index contributed by atoms with van der Waals surface area (Å²) < 4.78 is 7.60. The van der Waals surface area contributed by atoms with Crippen molar-refractivity contribution in [1.82, 2.24) is 0 Å². The van der Waals surface area contributed by atoms with Gasteiger partial charge in [-0.3, -0.25) is 4.79 Å². The fraction of sp³-hybridized carbons (Fsp3) is 0.200. The third kappa shape index (κ3) is 3.09. The molecule has 3 atom stereocenters. The number of amides is 1. The first-order valence-electron chi connectivity index (χ1n) is 10.1. The van der Waals surface area contributed by atoms with Crippen molar-refractivity contribution in [2.45, 2.75) is 24.0 Å². The van der Waals surface area contributed by atoms with Gasteiger partial charge in [-0.2, -0.15) is 0 Å². The second-order valence-electron chi connectivity index (χ2n) is 7.96. The van der Waals surface area contributed by atoms with Crippen molar-refractivity contribution in [2.24, 2.45) is 5.16 Å². The molecule has 1 saturated heterocycles. The van der Waals surface area contributed by atoms with Crippen LogP contribution in [0.15, 0.2) is 88.5 Å². The predicted molar refractivity (Wildman–Crippen MR) is 123 cm³/mol. The smallest absolute Gasteiger partial charge is 0.263 e. The average molecular weight is 477 g/mol. The maximum absolute atomic E-state index is 13.5. The molecule has 5 nitrogen and oxygen atoms in total. The van der Waals surface area contributed by atoms with E-state index in [0.29, 0.717) is 12.1 Å². The number of oxime groups is 1. The van der Waals surface area contributed by atoms with Gasteiger partial charge in [0.2, 0.25) is 0 Å². The number of carbonyl (C=O) groups excluding carboxylic acids is 1. The molecule has 0 bridgehead atoms. The van der Waals surface area contributed by atoms with Crippen LogP contribution >= 0.6 is 15.9 Å². The maximum Gasteiger partial charge on any atom is 0.263 e. The van der Waals surface area contributed by atoms with Crippen molar-refractivity contribution in [2.75, 3.05) is 11.9 Å². The highest BCUT2D eigenvalue weighted by Crippen LogP contribution is 2.54. The lowest BCUT2D eigenvalue weighted by Gasteiger charge is -2.24. The monoisotopic (exact) mass is 476 g/mol. The molecule has 0 aliphatic carbocycles. The fourth-order valence-corrected chi connectivity index (χ4v) is 5.08. The number of anilines is 1. The molecule has 0 radical (unpaired) electrons. The second-order valence-corrected chi connectivity index (χ2v) is 8.88. The maximum atomic E-state index is 13.5. The predicted octanol–water partition coefficient (Wildman–Crippen LogP) is 5.07. The van der Waals surface area contributed by atoms with Gasteiger partial charge in [-0.05, 0) is 30.2 Å². The standard InChI is InChI=1S/C25H21BrN2O3/c1-28-21-10-6-5-9-20(21)25(24(28)29)15-19(16-11-13-18(26)14-12-16)23(31-25)22(27-30)17-7-3-2-4-8-17/h2-14,19,23,30H,15H2,1H3/b27-22+/t19-,23+,25-/m1/s1. The SMILES string of the molecule is CN1C(=O)[C@@]2(C[C@H](c3ccc(Br)cc3)[C@@H](/C(=N/O)c3ccccc3)O2)c2ccccc21. The summed E-state index contributed by atoms with van der Waals surface area (Å²) in [6.07, 6.45) is -0.122. The summed E-state index contributed by atoms with van der Waals surface area (Å²) in [5, 5.41) is 13.6. The molecule has 5 rings (SSSR count). The summed E-state index contributed by atoms with van der Waals surface area (Å²) in [5.41, 5.74) is 2.81. The molecule has 1 amide bonds. The fourth-order valence-electron chi connectivity index (χ4n) is 4.81. The van der Waals surface area contributed by atoms with E-state index in [1.165, 1.54) is 0 Å². The van der Waals surface area contributed by atoms with Gasteiger partial charge in [0.25, 0.3) is 5.91 Å². The Balaban J connectivity index is 1.66. The number of carbonyl (C=O) groups is 1. The molecule has 2 aliphatic rings. The Hall–Kier alpha value is -2.96. The van der Waals surface area contributed by atoms with Crippen molar-refractivity contribution in [3.05, 3.63) is 100 Å². The highest BCUT2D eigenvalue weighted by atomic mass is 79.9. The van der Waals surface area contributed by atoms with Crippen LogP contribution in [0, 0.1) is 0 Å². The van der Waals surface area contributed by atoms with E-state index >= 15 is 0 Å². The van der Waals surface area contributed by atoms with E-state index in [-0.39, 0.29) is 11.8 Å². The zero-order chi connectivity index (χ0) is 21.6. The normalized spacial score (nSPS) is 25.3. The van der Waals surface area contributed by atoms with Crippen molar-refractivity contribution in [3.63, 3.8) is 0 Å². The Morgan fingerprint density at radius 2 is 1.74 bits per heavy atom. The third-order valence-corrected chi connectivity index (χ3v) is 6.83. The minimum Gasteiger partial charge on any atom is -0.411 e. The minimum atomic E-state index is -1.11. The molecule has 0 aromatic heterocycles. The first-order chi connectivity index (χ1) is 15.0. The summed E-state index contributed by atoms with van der Waals surface area (Å²) in [4.78, 5) is 15.2. The van der Waals surface area contributed by atoms with Crippen LogP contribution in [-0.4, -0.2) is 30.0 Å². The number of nitrogens with zero attached hydrogens (tertiary/aromatic N) is 2. The Morgan fingerprint density at radius 3 is 2.45 bits per heavy atom. The molecule has 3 aromatic carbocycles. The largest absolute Gasteiger partial charge is 0.411 e. The number of likely N-dealkylation sites (N-methyl/N-ethyl adjacent to an activating group) is 1. The Labute approximate surface area is 189 Å². The average Bonchev–Trinajstić information content (AvgIpc) is 3.29. The van der Waals surface area contributed by atoms with E-state index in [2.05, 4.69) is 21.1 Å². The van der Waals surface area contributed by atoms with Crippen LogP contribution in [0.25, 0.3) is 0 Å². The van der Waals surface area contributed by atoms with Crippen LogP contribution in [0.4, 0.5) is 5.69 Å². The molecule has 3 aromatic rings. The first-order valence-corrected chi connectivity index (χ1v) is 10.9. The second kappa shape index (κ2) is 7.62. The Kier molecular flexibility index (Phi) is 4.91. The van der Waals surface area contributed by atoms with Crippen LogP contribution in [0.1, 0.15) is 29.0 Å².